The maximum absolute atomic E-state index is 13.3. The first-order chi connectivity index (χ1) is 16.2. The van der Waals surface area contributed by atoms with Crippen molar-refractivity contribution in [3.05, 3.63) is 77.0 Å². The number of alkyl halides is 6. The molecular weight excluding hydrogens is 509 g/mol. The molecule has 0 bridgehead atoms. The van der Waals surface area contributed by atoms with Crippen LogP contribution in [0.4, 0.5) is 42.1 Å². The highest BCUT2D eigenvalue weighted by molar-refractivity contribution is 7.90. The molecule has 1 heterocycles. The van der Waals surface area contributed by atoms with Crippen LogP contribution in [0.25, 0.3) is 4.85 Å². The van der Waals surface area contributed by atoms with E-state index in [1.165, 1.54) is 0 Å². The smallest absolute Gasteiger partial charge is 0.353 e. The number of sulfone groups is 1. The van der Waals surface area contributed by atoms with E-state index >= 15 is 0 Å². The summed E-state index contributed by atoms with van der Waals surface area (Å²) < 4.78 is 122. The predicted molar refractivity (Wildman–Crippen MR) is 106 cm³/mol. The first-order valence-electron chi connectivity index (χ1n) is 9.38. The van der Waals surface area contributed by atoms with Gasteiger partial charge in [0.05, 0.1) is 23.6 Å². The summed E-state index contributed by atoms with van der Waals surface area (Å²) in [5.41, 5.74) is -2.74. The van der Waals surface area contributed by atoms with Gasteiger partial charge in [-0.3, -0.25) is 0 Å². The van der Waals surface area contributed by atoms with Crippen molar-refractivity contribution in [3.8, 4) is 0 Å². The lowest BCUT2D eigenvalue weighted by atomic mass is 10.1. The number of hydrogen-bond donors (Lipinski definition) is 0. The van der Waals surface area contributed by atoms with E-state index in [0.717, 1.165) is 36.4 Å². The molecular formula is C20H13F7N4O3S. The Kier molecular flexibility index (Phi) is 7.06. The van der Waals surface area contributed by atoms with Crippen LogP contribution in [0.2, 0.25) is 0 Å². The molecule has 0 N–H and O–H groups in total. The van der Waals surface area contributed by atoms with Crippen LogP contribution in [-0.4, -0.2) is 31.3 Å². The lowest BCUT2D eigenvalue weighted by molar-refractivity contribution is -0.136. The fourth-order valence-corrected chi connectivity index (χ4v) is 4.15. The van der Waals surface area contributed by atoms with E-state index in [4.69, 9.17) is 11.1 Å². The monoisotopic (exact) mass is 522 g/mol. The Morgan fingerprint density at radius 1 is 1.03 bits per heavy atom. The molecule has 2 aromatic carbocycles. The number of nitrogens with zero attached hydrogens (tertiary/aromatic N) is 4. The molecule has 0 aliphatic carbocycles. The van der Waals surface area contributed by atoms with Crippen LogP contribution in [0.5, 0.6) is 0 Å². The van der Waals surface area contributed by atoms with Gasteiger partial charge in [0.2, 0.25) is 5.89 Å². The van der Waals surface area contributed by atoms with Gasteiger partial charge >= 0.3 is 12.4 Å². The summed E-state index contributed by atoms with van der Waals surface area (Å²) in [6, 6.07) is 5.88. The maximum atomic E-state index is 13.3. The average Bonchev–Trinajstić information content (AvgIpc) is 3.17. The Morgan fingerprint density at radius 2 is 1.69 bits per heavy atom. The molecule has 3 rings (SSSR count). The predicted octanol–water partition coefficient (Wildman–Crippen LogP) is 5.32. The molecule has 186 valence electrons. The normalized spacial score (nSPS) is 12.4. The molecule has 0 radical (unpaired) electrons. The van der Waals surface area contributed by atoms with Gasteiger partial charge in [-0.15, -0.1) is 0 Å². The third-order valence-corrected chi connectivity index (χ3v) is 6.10. The zero-order valence-corrected chi connectivity index (χ0v) is 18.0. The van der Waals surface area contributed by atoms with Crippen molar-refractivity contribution in [1.82, 2.24) is 10.1 Å². The summed E-state index contributed by atoms with van der Waals surface area (Å²) in [6.45, 7) is 4.33. The molecule has 0 unspecified atom stereocenters. The van der Waals surface area contributed by atoms with Crippen molar-refractivity contribution in [1.29, 1.82) is 0 Å². The second-order valence-electron chi connectivity index (χ2n) is 7.10. The van der Waals surface area contributed by atoms with Gasteiger partial charge in [-0.25, -0.2) is 17.7 Å². The van der Waals surface area contributed by atoms with E-state index in [1.807, 2.05) is 0 Å². The fourth-order valence-electron chi connectivity index (χ4n) is 2.97. The van der Waals surface area contributed by atoms with Crippen LogP contribution in [0, 0.1) is 12.4 Å². The molecule has 1 aromatic heterocycles. The highest BCUT2D eigenvalue weighted by Crippen LogP contribution is 2.39. The Bertz CT molecular complexity index is 1340. The number of benzene rings is 2. The number of anilines is 1. The number of aromatic nitrogens is 2. The Morgan fingerprint density at radius 3 is 2.26 bits per heavy atom. The van der Waals surface area contributed by atoms with Crippen molar-refractivity contribution >= 4 is 21.2 Å². The van der Waals surface area contributed by atoms with E-state index in [1.54, 1.807) is 0 Å². The number of rotatable bonds is 7. The van der Waals surface area contributed by atoms with Gasteiger partial charge in [0.25, 0.3) is 0 Å². The zero-order chi connectivity index (χ0) is 26.0. The molecule has 3 aromatic rings. The molecule has 0 saturated carbocycles. The Hall–Kier alpha value is -3.67. The van der Waals surface area contributed by atoms with Gasteiger partial charge in [-0.1, -0.05) is 11.2 Å². The quantitative estimate of drug-likeness (QED) is 0.237. The van der Waals surface area contributed by atoms with Crippen LogP contribution in [0.15, 0.2) is 51.9 Å². The number of hydrogen-bond acceptors (Lipinski definition) is 6. The molecule has 0 saturated heterocycles. The minimum atomic E-state index is -4.99. The molecule has 0 aliphatic heterocycles. The van der Waals surface area contributed by atoms with Crippen LogP contribution in [0.3, 0.4) is 0 Å². The third-order valence-electron chi connectivity index (χ3n) is 4.47. The van der Waals surface area contributed by atoms with Gasteiger partial charge in [0.1, 0.15) is 18.1 Å². The molecule has 0 fully saturated rings. The van der Waals surface area contributed by atoms with Gasteiger partial charge in [0.15, 0.2) is 21.3 Å². The molecule has 0 amide bonds. The minimum absolute atomic E-state index is 0.261. The lowest BCUT2D eigenvalue weighted by Gasteiger charge is -2.25. The maximum Gasteiger partial charge on any atom is 0.407 e. The third kappa shape index (κ3) is 6.69. The number of halogens is 7. The first-order valence-corrected chi connectivity index (χ1v) is 11.0. The second kappa shape index (κ2) is 9.53. The molecule has 35 heavy (non-hydrogen) atoms. The summed E-state index contributed by atoms with van der Waals surface area (Å²) in [4.78, 5) is 6.67. The van der Waals surface area contributed by atoms with Crippen LogP contribution in [0.1, 0.15) is 17.3 Å². The summed E-state index contributed by atoms with van der Waals surface area (Å²) in [6.07, 6.45) is -9.84. The standard InChI is InChI=1S/C20H13F7N4O3S/c1-28-16-7-4-13(8-15(16)20(25,26)27)31(11-19(22,23)24)9-18-29-17(30-34-18)10-35(32,33)14-5-2-12(21)3-6-14/h2-8H,9-11H2. The van der Waals surface area contributed by atoms with E-state index in [2.05, 4.69) is 15.0 Å². The summed E-state index contributed by atoms with van der Waals surface area (Å²) in [5.74, 6) is -2.41. The molecule has 0 spiro atoms. The Balaban J connectivity index is 1.88. The topological polar surface area (TPSA) is 80.7 Å². The second-order valence-corrected chi connectivity index (χ2v) is 9.09. The fraction of sp³-hybridized carbons (Fsp3) is 0.250. The van der Waals surface area contributed by atoms with Crippen LogP contribution in [-0.2, 0) is 28.3 Å². The summed E-state index contributed by atoms with van der Waals surface area (Å²) in [7, 11) is -4.05. The van der Waals surface area contributed by atoms with E-state index in [0.29, 0.717) is 11.0 Å². The zero-order valence-electron chi connectivity index (χ0n) is 17.2. The Labute approximate surface area is 193 Å². The lowest BCUT2D eigenvalue weighted by Crippen LogP contribution is -2.34. The summed E-state index contributed by atoms with van der Waals surface area (Å²) in [5, 5.41) is 3.40. The minimum Gasteiger partial charge on any atom is -0.353 e. The van der Waals surface area contributed by atoms with E-state index in [-0.39, 0.29) is 4.90 Å². The first kappa shape index (κ1) is 25.9. The van der Waals surface area contributed by atoms with Crippen molar-refractivity contribution < 1.29 is 43.7 Å². The van der Waals surface area contributed by atoms with Crippen molar-refractivity contribution in [3.63, 3.8) is 0 Å². The van der Waals surface area contributed by atoms with E-state index in [9.17, 15) is 39.2 Å². The van der Waals surface area contributed by atoms with Crippen LogP contribution >= 0.6 is 0 Å². The SMILES string of the molecule is [C-]#[N+]c1ccc(N(Cc2nc(CS(=O)(=O)c3ccc(F)cc3)no2)CC(F)(F)F)cc1C(F)(F)F. The molecule has 15 heteroatoms. The van der Waals surface area contributed by atoms with Crippen LogP contribution < -0.4 is 4.90 Å². The average molecular weight is 522 g/mol. The van der Waals surface area contributed by atoms with E-state index < -0.39 is 75.5 Å². The van der Waals surface area contributed by atoms with Crippen molar-refractivity contribution in [2.24, 2.45) is 0 Å². The van der Waals surface area contributed by atoms with Gasteiger partial charge in [-0.2, -0.15) is 31.3 Å². The largest absolute Gasteiger partial charge is 0.407 e. The van der Waals surface area contributed by atoms with Gasteiger partial charge in [0, 0.05) is 5.69 Å². The van der Waals surface area contributed by atoms with Gasteiger partial charge < -0.3 is 9.42 Å². The molecule has 0 aliphatic rings. The van der Waals surface area contributed by atoms with Crippen molar-refractivity contribution in [2.45, 2.75) is 29.5 Å². The van der Waals surface area contributed by atoms with Gasteiger partial charge in [-0.05, 0) is 36.4 Å². The molecule has 7 nitrogen and oxygen atoms in total. The summed E-state index contributed by atoms with van der Waals surface area (Å²) >= 11 is 0. The highest BCUT2D eigenvalue weighted by Gasteiger charge is 2.36. The highest BCUT2D eigenvalue weighted by atomic mass is 32.2. The molecule has 0 atom stereocenters. The van der Waals surface area contributed by atoms with Crippen molar-refractivity contribution in [2.75, 3.05) is 11.4 Å².